The summed E-state index contributed by atoms with van der Waals surface area (Å²) >= 11 is 2.41. The molecule has 20 heavy (non-hydrogen) atoms. The highest BCUT2D eigenvalue weighted by atomic mass is 127. The van der Waals surface area contributed by atoms with Crippen molar-refractivity contribution in [2.75, 3.05) is 51.2 Å². The maximum absolute atomic E-state index is 10.8. The molecule has 0 saturated carbocycles. The van der Waals surface area contributed by atoms with Crippen molar-refractivity contribution in [2.45, 2.75) is 32.1 Å². The second-order valence-corrected chi connectivity index (χ2v) is 5.35. The van der Waals surface area contributed by atoms with Gasteiger partial charge in [0.1, 0.15) is 0 Å². The molecule has 0 amide bonds. The Balaban J connectivity index is 2.97. The Morgan fingerprint density at radius 3 is 1.95 bits per heavy atom. The number of alkyl halides is 1. The van der Waals surface area contributed by atoms with Crippen LogP contribution in [0.25, 0.3) is 0 Å². The zero-order chi connectivity index (χ0) is 14.9. The molecule has 0 N–H and O–H groups in total. The van der Waals surface area contributed by atoms with E-state index in [1.165, 1.54) is 30.8 Å². The van der Waals surface area contributed by atoms with E-state index in [1.54, 1.807) is 0 Å². The Labute approximate surface area is 135 Å². The molecule has 120 valence electrons. The van der Waals surface area contributed by atoms with Gasteiger partial charge in [0.25, 0.3) is 0 Å². The number of methoxy groups -OCH3 is 1. The van der Waals surface area contributed by atoms with E-state index >= 15 is 0 Å². The number of hydrogen-bond acceptors (Lipinski definition) is 5. The van der Waals surface area contributed by atoms with Gasteiger partial charge in [-0.2, -0.15) is 0 Å². The molecule has 0 aromatic carbocycles. The van der Waals surface area contributed by atoms with Crippen molar-refractivity contribution >= 4 is 28.6 Å². The van der Waals surface area contributed by atoms with Gasteiger partial charge in [0, 0.05) is 6.61 Å². The Hall–Kier alpha value is 0.0800. The van der Waals surface area contributed by atoms with E-state index in [-0.39, 0.29) is 12.4 Å². The average molecular weight is 402 g/mol. The molecule has 6 heteroatoms. The number of carbonyl (C=O) groups excluding carboxylic acids is 1. The van der Waals surface area contributed by atoms with E-state index in [0.29, 0.717) is 33.0 Å². The molecule has 0 aromatic heterocycles. The van der Waals surface area contributed by atoms with E-state index in [4.69, 9.17) is 14.2 Å². The van der Waals surface area contributed by atoms with Gasteiger partial charge in [-0.25, -0.2) is 0 Å². The fourth-order valence-electron chi connectivity index (χ4n) is 1.45. The summed E-state index contributed by atoms with van der Waals surface area (Å²) in [6.45, 7) is 3.44. The van der Waals surface area contributed by atoms with Gasteiger partial charge in [-0.1, -0.05) is 35.4 Å². The first-order chi connectivity index (χ1) is 9.81. The van der Waals surface area contributed by atoms with E-state index in [1.807, 2.05) is 0 Å². The van der Waals surface area contributed by atoms with Crippen molar-refractivity contribution in [3.63, 3.8) is 0 Å². The molecule has 0 rings (SSSR count). The van der Waals surface area contributed by atoms with E-state index < -0.39 is 0 Å². The zero-order valence-electron chi connectivity index (χ0n) is 12.4. The summed E-state index contributed by atoms with van der Waals surface area (Å²) in [6, 6.07) is 0. The topological polar surface area (TPSA) is 54.0 Å². The summed E-state index contributed by atoms with van der Waals surface area (Å²) in [5, 5.41) is 0. The molecule has 0 fully saturated rings. The highest BCUT2D eigenvalue weighted by Crippen LogP contribution is 2.02. The fourth-order valence-corrected chi connectivity index (χ4v) is 1.99. The lowest BCUT2D eigenvalue weighted by atomic mass is 10.2. The van der Waals surface area contributed by atoms with Crippen molar-refractivity contribution < 1.29 is 23.7 Å². The molecule has 0 radical (unpaired) electrons. The summed E-state index contributed by atoms with van der Waals surface area (Å²) in [7, 11) is 1.37. The Morgan fingerprint density at radius 2 is 1.35 bits per heavy atom. The normalized spacial score (nSPS) is 10.7. The van der Waals surface area contributed by atoms with Crippen LogP contribution < -0.4 is 0 Å². The summed E-state index contributed by atoms with van der Waals surface area (Å²) < 4.78 is 21.8. The monoisotopic (exact) mass is 402 g/mol. The van der Waals surface area contributed by atoms with Crippen LogP contribution in [0.2, 0.25) is 0 Å². The Bertz CT molecular complexity index is 214. The highest BCUT2D eigenvalue weighted by Gasteiger charge is 1.99. The molecule has 0 spiro atoms. The van der Waals surface area contributed by atoms with Crippen LogP contribution in [0.4, 0.5) is 0 Å². The molecule has 0 aliphatic rings. The molecule has 0 aromatic rings. The van der Waals surface area contributed by atoms with Gasteiger partial charge >= 0.3 is 5.97 Å². The quantitative estimate of drug-likeness (QED) is 0.182. The zero-order valence-corrected chi connectivity index (χ0v) is 14.6. The number of ether oxygens (including phenoxy) is 4. The molecule has 0 aliphatic carbocycles. The summed E-state index contributed by atoms with van der Waals surface area (Å²) in [5.74, 6) is -0.252. The number of hydrogen-bond donors (Lipinski definition) is 0. The summed E-state index contributed by atoms with van der Waals surface area (Å²) in [6.07, 6.45) is 5.27. The van der Waals surface area contributed by atoms with Crippen molar-refractivity contribution in [3.05, 3.63) is 0 Å². The van der Waals surface area contributed by atoms with Gasteiger partial charge in [-0.05, 0) is 17.3 Å². The predicted octanol–water partition coefficient (Wildman–Crippen LogP) is 2.59. The summed E-state index contributed by atoms with van der Waals surface area (Å²) in [5.41, 5.74) is 0. The third-order valence-electron chi connectivity index (χ3n) is 2.59. The van der Waals surface area contributed by atoms with Gasteiger partial charge in [0.15, 0.2) is 0 Å². The lowest BCUT2D eigenvalue weighted by molar-refractivity contribution is -0.141. The first kappa shape index (κ1) is 20.1. The molecule has 0 bridgehead atoms. The van der Waals surface area contributed by atoms with Gasteiger partial charge < -0.3 is 18.9 Å². The Kier molecular flexibility index (Phi) is 17.2. The lowest BCUT2D eigenvalue weighted by Gasteiger charge is -2.06. The van der Waals surface area contributed by atoms with Crippen LogP contribution in [-0.2, 0) is 23.7 Å². The third-order valence-corrected chi connectivity index (χ3v) is 3.36. The van der Waals surface area contributed by atoms with E-state index in [2.05, 4.69) is 27.3 Å². The van der Waals surface area contributed by atoms with Crippen molar-refractivity contribution in [1.29, 1.82) is 0 Å². The molecule has 5 nitrogen and oxygen atoms in total. The molecule has 0 aliphatic heterocycles. The van der Waals surface area contributed by atoms with Crippen LogP contribution in [0.3, 0.4) is 0 Å². The summed E-state index contributed by atoms with van der Waals surface area (Å²) in [4.78, 5) is 10.8. The van der Waals surface area contributed by atoms with Crippen LogP contribution in [0.5, 0.6) is 0 Å². The first-order valence-electron chi connectivity index (χ1n) is 7.17. The van der Waals surface area contributed by atoms with Crippen molar-refractivity contribution in [3.8, 4) is 0 Å². The van der Waals surface area contributed by atoms with Gasteiger partial charge in [0.05, 0.1) is 46.6 Å². The third kappa shape index (κ3) is 16.1. The van der Waals surface area contributed by atoms with Gasteiger partial charge in [-0.15, -0.1) is 0 Å². The van der Waals surface area contributed by atoms with Gasteiger partial charge in [0.2, 0.25) is 0 Å². The molecule has 0 unspecified atom stereocenters. The average Bonchev–Trinajstić information content (AvgIpc) is 2.47. The first-order valence-corrected chi connectivity index (χ1v) is 8.69. The minimum absolute atomic E-state index is 0.252. The number of halogens is 1. The van der Waals surface area contributed by atoms with Crippen molar-refractivity contribution in [2.24, 2.45) is 0 Å². The standard InChI is InChI=1S/C14H27IO5/c1-17-14(16)6-9-19-11-13-20-12-10-18-8-5-3-2-4-7-15/h2-13H2,1H3. The maximum atomic E-state index is 10.8. The number of carbonyl (C=O) groups is 1. The molecule has 0 atom stereocenters. The van der Waals surface area contributed by atoms with Crippen molar-refractivity contribution in [1.82, 2.24) is 0 Å². The second-order valence-electron chi connectivity index (χ2n) is 4.27. The van der Waals surface area contributed by atoms with Crippen LogP contribution in [-0.4, -0.2) is 57.1 Å². The largest absolute Gasteiger partial charge is 0.469 e. The minimum atomic E-state index is -0.252. The molecular weight excluding hydrogens is 375 g/mol. The van der Waals surface area contributed by atoms with Crippen LogP contribution >= 0.6 is 22.6 Å². The number of unbranched alkanes of at least 4 members (excludes halogenated alkanes) is 3. The van der Waals surface area contributed by atoms with Gasteiger partial charge in [-0.3, -0.25) is 4.79 Å². The fraction of sp³-hybridized carbons (Fsp3) is 0.929. The van der Waals surface area contributed by atoms with E-state index in [9.17, 15) is 4.79 Å². The predicted molar refractivity (Wildman–Crippen MR) is 86.4 cm³/mol. The maximum Gasteiger partial charge on any atom is 0.307 e. The smallest absolute Gasteiger partial charge is 0.307 e. The second kappa shape index (κ2) is 17.1. The molecule has 0 heterocycles. The molecule has 0 saturated heterocycles. The highest BCUT2D eigenvalue weighted by molar-refractivity contribution is 14.1. The Morgan fingerprint density at radius 1 is 0.800 bits per heavy atom. The molecular formula is C14H27IO5. The van der Waals surface area contributed by atoms with E-state index in [0.717, 1.165) is 13.0 Å². The minimum Gasteiger partial charge on any atom is -0.469 e. The van der Waals surface area contributed by atoms with Crippen LogP contribution in [0.1, 0.15) is 32.1 Å². The number of esters is 1. The number of rotatable bonds is 15. The van der Waals surface area contributed by atoms with Crippen LogP contribution in [0, 0.1) is 0 Å². The SMILES string of the molecule is COC(=O)CCOCCOCCOCCCCCCI. The van der Waals surface area contributed by atoms with Crippen LogP contribution in [0.15, 0.2) is 0 Å². The lowest BCUT2D eigenvalue weighted by Crippen LogP contribution is -2.12.